The van der Waals surface area contributed by atoms with Crippen molar-refractivity contribution in [3.63, 3.8) is 0 Å². The molecule has 1 aliphatic heterocycles. The van der Waals surface area contributed by atoms with Gasteiger partial charge in [-0.25, -0.2) is 4.89 Å². The van der Waals surface area contributed by atoms with E-state index in [1.807, 2.05) is 13.8 Å². The van der Waals surface area contributed by atoms with Crippen LogP contribution in [0.15, 0.2) is 0 Å². The Bertz CT molecular complexity index is 173. The fraction of sp³-hybridized carbons (Fsp3) is 1.00. The van der Waals surface area contributed by atoms with Crippen LogP contribution in [0.3, 0.4) is 0 Å². The molecule has 0 aromatic carbocycles. The van der Waals surface area contributed by atoms with Crippen LogP contribution in [0.5, 0.6) is 0 Å². The van der Waals surface area contributed by atoms with Gasteiger partial charge in [0.15, 0.2) is 0 Å². The molecular formula is C14H29NO2. The normalized spacial score (nSPS) is 22.8. The lowest BCUT2D eigenvalue weighted by molar-refractivity contribution is -0.328. The average Bonchev–Trinajstić information content (AvgIpc) is 2.42. The second-order valence-electron chi connectivity index (χ2n) is 5.84. The molecule has 1 saturated heterocycles. The Hall–Kier alpha value is -0.120. The SMILES string of the molecule is C1CCNCC1.CC(C)(OO)C1CCCCC1. The van der Waals surface area contributed by atoms with Crippen LogP contribution >= 0.6 is 0 Å². The summed E-state index contributed by atoms with van der Waals surface area (Å²) in [5, 5.41) is 11.9. The molecule has 0 atom stereocenters. The first kappa shape index (κ1) is 14.9. The minimum atomic E-state index is -0.333. The van der Waals surface area contributed by atoms with Gasteiger partial charge in [0.1, 0.15) is 5.60 Å². The summed E-state index contributed by atoms with van der Waals surface area (Å²) < 4.78 is 0. The van der Waals surface area contributed by atoms with E-state index in [2.05, 4.69) is 10.2 Å². The molecule has 0 aromatic rings. The zero-order valence-electron chi connectivity index (χ0n) is 11.5. The van der Waals surface area contributed by atoms with E-state index in [4.69, 9.17) is 5.26 Å². The Morgan fingerprint density at radius 3 is 1.82 bits per heavy atom. The molecule has 0 radical (unpaired) electrons. The largest absolute Gasteiger partial charge is 0.317 e. The zero-order chi connectivity index (χ0) is 12.6. The highest BCUT2D eigenvalue weighted by Gasteiger charge is 2.31. The average molecular weight is 243 g/mol. The van der Waals surface area contributed by atoms with Crippen molar-refractivity contribution in [1.82, 2.24) is 5.32 Å². The van der Waals surface area contributed by atoms with E-state index in [1.54, 1.807) is 0 Å². The van der Waals surface area contributed by atoms with Gasteiger partial charge < -0.3 is 5.32 Å². The molecule has 102 valence electrons. The van der Waals surface area contributed by atoms with Gasteiger partial charge >= 0.3 is 0 Å². The van der Waals surface area contributed by atoms with E-state index in [-0.39, 0.29) is 5.60 Å². The van der Waals surface area contributed by atoms with Gasteiger partial charge in [0.2, 0.25) is 0 Å². The molecule has 3 heteroatoms. The van der Waals surface area contributed by atoms with Crippen molar-refractivity contribution in [1.29, 1.82) is 0 Å². The third-order valence-electron chi connectivity index (χ3n) is 4.03. The van der Waals surface area contributed by atoms with Gasteiger partial charge in [-0.2, -0.15) is 0 Å². The van der Waals surface area contributed by atoms with Gasteiger partial charge in [-0.05, 0) is 58.5 Å². The van der Waals surface area contributed by atoms with Crippen LogP contribution in [0.2, 0.25) is 0 Å². The summed E-state index contributed by atoms with van der Waals surface area (Å²) in [6.07, 6.45) is 10.5. The van der Waals surface area contributed by atoms with Gasteiger partial charge in [-0.15, -0.1) is 0 Å². The van der Waals surface area contributed by atoms with Gasteiger partial charge in [0.05, 0.1) is 0 Å². The zero-order valence-corrected chi connectivity index (χ0v) is 11.5. The van der Waals surface area contributed by atoms with Gasteiger partial charge in [-0.1, -0.05) is 25.7 Å². The highest BCUT2D eigenvalue weighted by Crippen LogP contribution is 2.33. The predicted octanol–water partition coefficient (Wildman–Crippen LogP) is 3.59. The van der Waals surface area contributed by atoms with Crippen molar-refractivity contribution in [2.75, 3.05) is 13.1 Å². The van der Waals surface area contributed by atoms with Gasteiger partial charge in [-0.3, -0.25) is 5.26 Å². The maximum atomic E-state index is 8.65. The summed E-state index contributed by atoms with van der Waals surface area (Å²) >= 11 is 0. The third-order valence-corrected chi connectivity index (χ3v) is 4.03. The Kier molecular flexibility index (Phi) is 7.09. The Labute approximate surface area is 106 Å². The first-order valence-electron chi connectivity index (χ1n) is 7.20. The van der Waals surface area contributed by atoms with E-state index in [1.165, 1.54) is 64.5 Å². The second-order valence-corrected chi connectivity index (χ2v) is 5.84. The Balaban J connectivity index is 0.000000202. The lowest BCUT2D eigenvalue weighted by atomic mass is 9.79. The number of hydrogen-bond donors (Lipinski definition) is 2. The standard InChI is InChI=1S/C9H18O2.C5H11N/c1-9(2,11-10)8-6-4-3-5-7-8;1-2-4-6-5-3-1/h8,10H,3-7H2,1-2H3;6H,1-5H2. The summed E-state index contributed by atoms with van der Waals surface area (Å²) in [7, 11) is 0. The number of rotatable bonds is 2. The highest BCUT2D eigenvalue weighted by molar-refractivity contribution is 4.80. The molecule has 2 aliphatic rings. The smallest absolute Gasteiger partial charge is 0.100 e. The van der Waals surface area contributed by atoms with E-state index in [9.17, 15) is 0 Å². The summed E-state index contributed by atoms with van der Waals surface area (Å²) in [4.78, 5) is 4.48. The summed E-state index contributed by atoms with van der Waals surface area (Å²) in [5.41, 5.74) is -0.333. The Morgan fingerprint density at radius 2 is 1.47 bits per heavy atom. The summed E-state index contributed by atoms with van der Waals surface area (Å²) in [6, 6.07) is 0. The molecule has 0 amide bonds. The fourth-order valence-electron chi connectivity index (χ4n) is 2.67. The first-order chi connectivity index (χ1) is 8.17. The Morgan fingerprint density at radius 1 is 0.941 bits per heavy atom. The van der Waals surface area contributed by atoms with Crippen molar-refractivity contribution < 1.29 is 10.1 Å². The van der Waals surface area contributed by atoms with Crippen molar-refractivity contribution in [3.05, 3.63) is 0 Å². The highest BCUT2D eigenvalue weighted by atomic mass is 17.1. The maximum absolute atomic E-state index is 8.65. The number of nitrogens with one attached hydrogen (secondary N) is 1. The van der Waals surface area contributed by atoms with Crippen LogP contribution < -0.4 is 5.32 Å². The van der Waals surface area contributed by atoms with E-state index in [0.717, 1.165) is 0 Å². The molecule has 0 bridgehead atoms. The number of hydrogen-bond acceptors (Lipinski definition) is 3. The maximum Gasteiger partial charge on any atom is 0.100 e. The molecule has 2 rings (SSSR count). The molecule has 17 heavy (non-hydrogen) atoms. The lowest BCUT2D eigenvalue weighted by Gasteiger charge is -2.33. The predicted molar refractivity (Wildman–Crippen MR) is 71.1 cm³/mol. The van der Waals surface area contributed by atoms with Crippen molar-refractivity contribution >= 4 is 0 Å². The fourth-order valence-corrected chi connectivity index (χ4v) is 2.67. The topological polar surface area (TPSA) is 41.5 Å². The quantitative estimate of drug-likeness (QED) is 0.575. The van der Waals surface area contributed by atoms with Gasteiger partial charge in [0, 0.05) is 0 Å². The molecule has 0 spiro atoms. The lowest BCUT2D eigenvalue weighted by Crippen LogP contribution is -2.34. The summed E-state index contributed by atoms with van der Waals surface area (Å²) in [6.45, 7) is 6.42. The van der Waals surface area contributed by atoms with E-state index >= 15 is 0 Å². The molecule has 0 unspecified atom stereocenters. The van der Waals surface area contributed by atoms with Gasteiger partial charge in [0.25, 0.3) is 0 Å². The van der Waals surface area contributed by atoms with Crippen molar-refractivity contribution in [2.24, 2.45) is 5.92 Å². The monoisotopic (exact) mass is 243 g/mol. The molecule has 2 fully saturated rings. The molecule has 1 heterocycles. The van der Waals surface area contributed by atoms with E-state index in [0.29, 0.717) is 5.92 Å². The molecular weight excluding hydrogens is 214 g/mol. The number of piperidine rings is 1. The second kappa shape index (κ2) is 8.06. The van der Waals surface area contributed by atoms with Crippen LogP contribution in [0.25, 0.3) is 0 Å². The van der Waals surface area contributed by atoms with Crippen LogP contribution in [0.1, 0.15) is 65.2 Å². The minimum absolute atomic E-state index is 0.333. The molecule has 3 nitrogen and oxygen atoms in total. The molecule has 2 N–H and O–H groups in total. The molecule has 0 aromatic heterocycles. The van der Waals surface area contributed by atoms with E-state index < -0.39 is 0 Å². The molecule has 1 saturated carbocycles. The van der Waals surface area contributed by atoms with Crippen LogP contribution in [-0.4, -0.2) is 23.9 Å². The van der Waals surface area contributed by atoms with Crippen molar-refractivity contribution in [2.45, 2.75) is 70.8 Å². The molecule has 1 aliphatic carbocycles. The summed E-state index contributed by atoms with van der Waals surface area (Å²) in [5.74, 6) is 0.543. The van der Waals surface area contributed by atoms with Crippen molar-refractivity contribution in [3.8, 4) is 0 Å². The van der Waals surface area contributed by atoms with Crippen LogP contribution in [0, 0.1) is 5.92 Å². The third kappa shape index (κ3) is 5.84. The minimum Gasteiger partial charge on any atom is -0.317 e. The van der Waals surface area contributed by atoms with Crippen LogP contribution in [-0.2, 0) is 4.89 Å². The first-order valence-corrected chi connectivity index (χ1v) is 7.20. The van der Waals surface area contributed by atoms with Crippen LogP contribution in [0.4, 0.5) is 0 Å².